The predicted molar refractivity (Wildman–Crippen MR) is 85.3 cm³/mol. The highest BCUT2D eigenvalue weighted by Crippen LogP contribution is 2.40. The largest absolute Gasteiger partial charge is 0.455 e. The Kier molecular flexibility index (Phi) is 3.83. The molecular weight excluding hydrogens is 318 g/mol. The maximum atomic E-state index is 11.9. The minimum Gasteiger partial charge on any atom is -0.455 e. The third-order valence-electron chi connectivity index (χ3n) is 3.46. The molecule has 0 aliphatic heterocycles. The highest BCUT2D eigenvalue weighted by atomic mass is 32.2. The molecule has 1 aliphatic carbocycles. The zero-order valence-corrected chi connectivity index (χ0v) is 13.1. The number of sulfonamides is 1. The topological polar surface area (TPSA) is 92.7 Å². The SMILES string of the molecule is CS(=O)(=O)Nc1cc2c(cc1Oc1ccccc1)C(=O)CC2O. The number of ether oxygens (including phenoxy) is 1. The summed E-state index contributed by atoms with van der Waals surface area (Å²) in [5.41, 5.74) is 0.938. The van der Waals surface area contributed by atoms with Gasteiger partial charge in [0, 0.05) is 12.0 Å². The van der Waals surface area contributed by atoms with Gasteiger partial charge < -0.3 is 9.84 Å². The lowest BCUT2D eigenvalue weighted by molar-refractivity contribution is 0.0930. The van der Waals surface area contributed by atoms with Gasteiger partial charge in [0.15, 0.2) is 11.5 Å². The molecule has 7 heteroatoms. The van der Waals surface area contributed by atoms with Crippen molar-refractivity contribution < 1.29 is 23.1 Å². The first kappa shape index (κ1) is 15.5. The number of ketones is 1. The number of para-hydroxylation sites is 1. The second kappa shape index (κ2) is 5.68. The number of fused-ring (bicyclic) bond motifs is 1. The normalized spacial score (nSPS) is 17.0. The van der Waals surface area contributed by atoms with Crippen molar-refractivity contribution in [3.63, 3.8) is 0 Å². The molecule has 0 fully saturated rings. The van der Waals surface area contributed by atoms with Crippen LogP contribution in [0.1, 0.15) is 28.4 Å². The molecule has 1 aliphatic rings. The van der Waals surface area contributed by atoms with Crippen LogP contribution in [0.4, 0.5) is 5.69 Å². The van der Waals surface area contributed by atoms with E-state index in [1.165, 1.54) is 12.1 Å². The van der Waals surface area contributed by atoms with Gasteiger partial charge in [0.2, 0.25) is 10.0 Å². The standard InChI is InChI=1S/C16H15NO5S/c1-23(20,21)17-13-7-11-12(15(19)9-14(11)18)8-16(13)22-10-5-3-2-4-6-10/h2-8,14,17-18H,9H2,1H3. The highest BCUT2D eigenvalue weighted by molar-refractivity contribution is 7.92. The molecule has 0 saturated heterocycles. The number of hydrogen-bond donors (Lipinski definition) is 2. The highest BCUT2D eigenvalue weighted by Gasteiger charge is 2.30. The van der Waals surface area contributed by atoms with Crippen molar-refractivity contribution in [3.8, 4) is 11.5 Å². The Bertz CT molecular complexity index is 862. The van der Waals surface area contributed by atoms with Crippen molar-refractivity contribution in [3.05, 3.63) is 53.6 Å². The van der Waals surface area contributed by atoms with Crippen molar-refractivity contribution in [2.24, 2.45) is 0 Å². The lowest BCUT2D eigenvalue weighted by Crippen LogP contribution is -2.11. The van der Waals surface area contributed by atoms with Crippen LogP contribution in [0.15, 0.2) is 42.5 Å². The molecule has 0 aromatic heterocycles. The molecule has 2 aromatic rings. The Balaban J connectivity index is 2.08. The van der Waals surface area contributed by atoms with E-state index in [-0.39, 0.29) is 23.6 Å². The number of hydrogen-bond acceptors (Lipinski definition) is 5. The third kappa shape index (κ3) is 3.35. The molecular formula is C16H15NO5S. The molecule has 0 bridgehead atoms. The first-order valence-electron chi connectivity index (χ1n) is 6.93. The molecule has 2 aromatic carbocycles. The number of nitrogens with one attached hydrogen (secondary N) is 1. The smallest absolute Gasteiger partial charge is 0.229 e. The Morgan fingerprint density at radius 1 is 1.22 bits per heavy atom. The number of aliphatic hydroxyl groups is 1. The molecule has 0 spiro atoms. The molecule has 6 nitrogen and oxygen atoms in total. The average Bonchev–Trinajstić information content (AvgIpc) is 2.73. The molecule has 1 unspecified atom stereocenters. The molecule has 1 atom stereocenters. The predicted octanol–water partition coefficient (Wildman–Crippen LogP) is 2.47. The second-order valence-corrected chi connectivity index (χ2v) is 7.12. The van der Waals surface area contributed by atoms with E-state index < -0.39 is 16.1 Å². The molecule has 0 amide bonds. The van der Waals surface area contributed by atoms with E-state index in [1.807, 2.05) is 6.07 Å². The number of Topliss-reactive ketones (excluding diaryl/α,β-unsaturated/α-hetero) is 1. The summed E-state index contributed by atoms with van der Waals surface area (Å²) in [5, 5.41) is 9.92. The number of carbonyl (C=O) groups excluding carboxylic acids is 1. The summed E-state index contributed by atoms with van der Waals surface area (Å²) in [4.78, 5) is 11.9. The number of carbonyl (C=O) groups is 1. The van der Waals surface area contributed by atoms with Crippen LogP contribution in [0, 0.1) is 0 Å². The molecule has 0 saturated carbocycles. The molecule has 3 rings (SSSR count). The van der Waals surface area contributed by atoms with E-state index in [2.05, 4.69) is 4.72 Å². The van der Waals surface area contributed by atoms with Gasteiger partial charge in [-0.25, -0.2) is 8.42 Å². The summed E-state index contributed by atoms with van der Waals surface area (Å²) in [6.45, 7) is 0. The summed E-state index contributed by atoms with van der Waals surface area (Å²) in [5.74, 6) is 0.522. The lowest BCUT2D eigenvalue weighted by Gasteiger charge is -2.14. The Labute approximate surface area is 133 Å². The molecule has 23 heavy (non-hydrogen) atoms. The van der Waals surface area contributed by atoms with E-state index in [0.29, 0.717) is 16.9 Å². The van der Waals surface area contributed by atoms with E-state index in [0.717, 1.165) is 6.26 Å². The Morgan fingerprint density at radius 2 is 1.91 bits per heavy atom. The molecule has 120 valence electrons. The van der Waals surface area contributed by atoms with Crippen LogP contribution >= 0.6 is 0 Å². The average molecular weight is 333 g/mol. The zero-order chi connectivity index (χ0) is 16.6. The summed E-state index contributed by atoms with van der Waals surface area (Å²) < 4.78 is 31.2. The number of anilines is 1. The lowest BCUT2D eigenvalue weighted by atomic mass is 10.1. The fourth-order valence-electron chi connectivity index (χ4n) is 2.49. The van der Waals surface area contributed by atoms with Crippen LogP contribution in [0.25, 0.3) is 0 Å². The quantitative estimate of drug-likeness (QED) is 0.896. The Morgan fingerprint density at radius 3 is 2.57 bits per heavy atom. The zero-order valence-electron chi connectivity index (χ0n) is 12.3. The monoisotopic (exact) mass is 333 g/mol. The molecule has 0 radical (unpaired) electrons. The summed E-state index contributed by atoms with van der Waals surface area (Å²) in [6.07, 6.45) is 0.0830. The first-order chi connectivity index (χ1) is 10.8. The maximum Gasteiger partial charge on any atom is 0.229 e. The minimum atomic E-state index is -3.54. The van der Waals surface area contributed by atoms with Gasteiger partial charge in [-0.05, 0) is 29.8 Å². The minimum absolute atomic E-state index is 0.0115. The first-order valence-corrected chi connectivity index (χ1v) is 8.82. The summed E-state index contributed by atoms with van der Waals surface area (Å²) in [7, 11) is -3.54. The van der Waals surface area contributed by atoms with Gasteiger partial charge in [-0.1, -0.05) is 18.2 Å². The van der Waals surface area contributed by atoms with E-state index >= 15 is 0 Å². The fourth-order valence-corrected chi connectivity index (χ4v) is 3.05. The van der Waals surface area contributed by atoms with Gasteiger partial charge in [0.1, 0.15) is 5.75 Å². The second-order valence-electron chi connectivity index (χ2n) is 5.37. The van der Waals surface area contributed by atoms with Gasteiger partial charge in [-0.3, -0.25) is 9.52 Å². The van der Waals surface area contributed by atoms with Crippen molar-refractivity contribution >= 4 is 21.5 Å². The van der Waals surface area contributed by atoms with Crippen LogP contribution in [0.5, 0.6) is 11.5 Å². The van der Waals surface area contributed by atoms with Gasteiger partial charge in [0.25, 0.3) is 0 Å². The fraction of sp³-hybridized carbons (Fsp3) is 0.188. The Hall–Kier alpha value is -2.38. The number of aliphatic hydroxyl groups excluding tert-OH is 1. The molecule has 2 N–H and O–H groups in total. The summed E-state index contributed by atoms with van der Waals surface area (Å²) >= 11 is 0. The van der Waals surface area contributed by atoms with E-state index in [9.17, 15) is 18.3 Å². The number of benzene rings is 2. The third-order valence-corrected chi connectivity index (χ3v) is 4.05. The van der Waals surface area contributed by atoms with Crippen LogP contribution in [-0.2, 0) is 10.0 Å². The van der Waals surface area contributed by atoms with Gasteiger partial charge in [0.05, 0.1) is 18.0 Å². The van der Waals surface area contributed by atoms with Crippen molar-refractivity contribution in [2.75, 3.05) is 11.0 Å². The van der Waals surface area contributed by atoms with Gasteiger partial charge in [-0.15, -0.1) is 0 Å². The van der Waals surface area contributed by atoms with Crippen molar-refractivity contribution in [1.82, 2.24) is 0 Å². The van der Waals surface area contributed by atoms with Gasteiger partial charge >= 0.3 is 0 Å². The van der Waals surface area contributed by atoms with Crippen LogP contribution in [0.2, 0.25) is 0 Å². The van der Waals surface area contributed by atoms with E-state index in [1.54, 1.807) is 24.3 Å². The van der Waals surface area contributed by atoms with Crippen molar-refractivity contribution in [2.45, 2.75) is 12.5 Å². The maximum absolute atomic E-state index is 11.9. The van der Waals surface area contributed by atoms with Crippen LogP contribution in [0.3, 0.4) is 0 Å². The van der Waals surface area contributed by atoms with Crippen molar-refractivity contribution in [1.29, 1.82) is 0 Å². The summed E-state index contributed by atoms with van der Waals surface area (Å²) in [6, 6.07) is 11.7. The molecule has 0 heterocycles. The van der Waals surface area contributed by atoms with E-state index in [4.69, 9.17) is 4.74 Å². The number of rotatable bonds is 4. The van der Waals surface area contributed by atoms with Crippen LogP contribution < -0.4 is 9.46 Å². The van der Waals surface area contributed by atoms with Crippen LogP contribution in [-0.4, -0.2) is 25.6 Å². The van der Waals surface area contributed by atoms with Gasteiger partial charge in [-0.2, -0.15) is 0 Å².